The summed E-state index contributed by atoms with van der Waals surface area (Å²) in [4.78, 5) is 11.8. The molecule has 0 aliphatic carbocycles. The van der Waals surface area contributed by atoms with Crippen LogP contribution >= 0.6 is 0 Å². The Balaban J connectivity index is 1.92. The summed E-state index contributed by atoms with van der Waals surface area (Å²) < 4.78 is 0. The van der Waals surface area contributed by atoms with E-state index in [-0.39, 0.29) is 5.78 Å². The number of rotatable bonds is 5. The smallest absolute Gasteiger partial charge is 0.185 e. The Morgan fingerprint density at radius 2 is 1.58 bits per heavy atom. The topological polar surface area (TPSA) is 37.3 Å². The molecule has 0 heterocycles. The molecule has 0 aliphatic rings. The number of benzene rings is 2. The Labute approximate surface area is 113 Å². The maximum atomic E-state index is 11.8. The molecule has 0 spiro atoms. The molecule has 1 atom stereocenters. The fourth-order valence-electron chi connectivity index (χ4n) is 1.81. The number of aliphatic hydroxyl groups is 1. The molecule has 2 aromatic rings. The van der Waals surface area contributed by atoms with Crippen LogP contribution in [-0.4, -0.2) is 10.9 Å². The summed E-state index contributed by atoms with van der Waals surface area (Å²) in [5.41, 5.74) is 1.52. The van der Waals surface area contributed by atoms with Gasteiger partial charge in [0, 0.05) is 5.56 Å². The van der Waals surface area contributed by atoms with Crippen molar-refractivity contribution in [2.75, 3.05) is 0 Å². The molecule has 0 bridgehead atoms. The Hall–Kier alpha value is -2.19. The number of hydrogen-bond donors (Lipinski definition) is 1. The Morgan fingerprint density at radius 3 is 2.21 bits per heavy atom. The molecule has 0 aromatic heterocycles. The maximum Gasteiger partial charge on any atom is 0.185 e. The molecule has 0 aliphatic heterocycles. The number of allylic oxidation sites excluding steroid dienone is 1. The summed E-state index contributed by atoms with van der Waals surface area (Å²) >= 11 is 0. The van der Waals surface area contributed by atoms with Gasteiger partial charge in [-0.1, -0.05) is 66.7 Å². The van der Waals surface area contributed by atoms with Crippen molar-refractivity contribution >= 4 is 5.78 Å². The monoisotopic (exact) mass is 252 g/mol. The van der Waals surface area contributed by atoms with Crippen LogP contribution in [0.5, 0.6) is 0 Å². The van der Waals surface area contributed by atoms with Crippen LogP contribution in [0.4, 0.5) is 0 Å². The molecule has 0 saturated heterocycles. The number of aliphatic hydroxyl groups excluding tert-OH is 1. The Morgan fingerprint density at radius 1 is 1.00 bits per heavy atom. The molecule has 0 amide bonds. The first-order valence-corrected chi connectivity index (χ1v) is 6.26. The van der Waals surface area contributed by atoms with E-state index >= 15 is 0 Å². The van der Waals surface area contributed by atoms with E-state index in [4.69, 9.17) is 0 Å². The highest BCUT2D eigenvalue weighted by atomic mass is 16.3. The number of ketones is 1. The van der Waals surface area contributed by atoms with E-state index in [9.17, 15) is 9.90 Å². The average Bonchev–Trinajstić information content (AvgIpc) is 2.49. The third-order valence-electron chi connectivity index (χ3n) is 2.87. The summed E-state index contributed by atoms with van der Waals surface area (Å²) in [5.74, 6) is -0.0409. The first kappa shape index (κ1) is 13.2. The molecule has 19 heavy (non-hydrogen) atoms. The van der Waals surface area contributed by atoms with Crippen LogP contribution in [0.2, 0.25) is 0 Å². The number of carbonyl (C=O) groups is 1. The predicted molar refractivity (Wildman–Crippen MR) is 75.9 cm³/mol. The van der Waals surface area contributed by atoms with Gasteiger partial charge in [-0.2, -0.15) is 0 Å². The molecule has 0 radical (unpaired) electrons. The van der Waals surface area contributed by atoms with E-state index in [1.807, 2.05) is 48.5 Å². The Bertz CT molecular complexity index is 544. The van der Waals surface area contributed by atoms with Gasteiger partial charge in [0.25, 0.3) is 0 Å². The fourth-order valence-corrected chi connectivity index (χ4v) is 1.81. The predicted octanol–water partition coefficient (Wildman–Crippen LogP) is 3.55. The minimum Gasteiger partial charge on any atom is -0.388 e. The standard InChI is InChI=1S/C17H16O2/c18-16(14-8-3-1-4-9-14)12-7-13-17(19)15-10-5-2-6-11-15/h1-12,17,19H,13H2/b12-7+/t17-/m1/s1. The van der Waals surface area contributed by atoms with E-state index in [0.29, 0.717) is 12.0 Å². The van der Waals surface area contributed by atoms with Crippen LogP contribution in [0.25, 0.3) is 0 Å². The van der Waals surface area contributed by atoms with Crippen LogP contribution < -0.4 is 0 Å². The molecule has 2 nitrogen and oxygen atoms in total. The van der Waals surface area contributed by atoms with Crippen LogP contribution in [0.1, 0.15) is 28.4 Å². The summed E-state index contributed by atoms with van der Waals surface area (Å²) in [6.45, 7) is 0. The summed E-state index contributed by atoms with van der Waals surface area (Å²) in [5, 5.41) is 9.94. The molecule has 2 heteroatoms. The highest BCUT2D eigenvalue weighted by Crippen LogP contribution is 2.16. The van der Waals surface area contributed by atoms with E-state index in [2.05, 4.69) is 0 Å². The molecular weight excluding hydrogens is 236 g/mol. The minimum absolute atomic E-state index is 0.0409. The lowest BCUT2D eigenvalue weighted by atomic mass is 10.1. The molecule has 0 fully saturated rings. The van der Waals surface area contributed by atoms with Gasteiger partial charge in [0.2, 0.25) is 0 Å². The van der Waals surface area contributed by atoms with E-state index in [1.54, 1.807) is 18.2 Å². The van der Waals surface area contributed by atoms with Crippen LogP contribution in [0, 0.1) is 0 Å². The van der Waals surface area contributed by atoms with Crippen molar-refractivity contribution in [3.05, 3.63) is 83.9 Å². The number of hydrogen-bond acceptors (Lipinski definition) is 2. The lowest BCUT2D eigenvalue weighted by Crippen LogP contribution is -1.97. The first-order chi connectivity index (χ1) is 9.27. The van der Waals surface area contributed by atoms with Crippen molar-refractivity contribution in [2.45, 2.75) is 12.5 Å². The second kappa shape index (κ2) is 6.66. The van der Waals surface area contributed by atoms with Crippen molar-refractivity contribution < 1.29 is 9.90 Å². The van der Waals surface area contributed by atoms with Gasteiger partial charge in [0.1, 0.15) is 0 Å². The molecule has 0 unspecified atom stereocenters. The SMILES string of the molecule is O=C(/C=C/C[C@@H](O)c1ccccc1)c1ccccc1. The van der Waals surface area contributed by atoms with Gasteiger partial charge in [-0.15, -0.1) is 0 Å². The third-order valence-corrected chi connectivity index (χ3v) is 2.87. The normalized spacial score (nSPS) is 12.5. The van der Waals surface area contributed by atoms with Gasteiger partial charge >= 0.3 is 0 Å². The van der Waals surface area contributed by atoms with Crippen molar-refractivity contribution in [3.63, 3.8) is 0 Å². The van der Waals surface area contributed by atoms with Gasteiger partial charge in [-0.3, -0.25) is 4.79 Å². The third kappa shape index (κ3) is 3.90. The summed E-state index contributed by atoms with van der Waals surface area (Å²) in [6, 6.07) is 18.5. The largest absolute Gasteiger partial charge is 0.388 e. The quantitative estimate of drug-likeness (QED) is 0.652. The summed E-state index contributed by atoms with van der Waals surface area (Å²) in [6.07, 6.45) is 3.10. The Kier molecular flexibility index (Phi) is 4.65. The van der Waals surface area contributed by atoms with Gasteiger partial charge < -0.3 is 5.11 Å². The molecular formula is C17H16O2. The van der Waals surface area contributed by atoms with Gasteiger partial charge in [0.05, 0.1) is 6.10 Å². The highest BCUT2D eigenvalue weighted by Gasteiger charge is 2.05. The first-order valence-electron chi connectivity index (χ1n) is 6.26. The molecule has 1 N–H and O–H groups in total. The van der Waals surface area contributed by atoms with Crippen LogP contribution in [0.3, 0.4) is 0 Å². The maximum absolute atomic E-state index is 11.8. The van der Waals surface area contributed by atoms with Crippen molar-refractivity contribution in [2.24, 2.45) is 0 Å². The van der Waals surface area contributed by atoms with E-state index < -0.39 is 6.10 Å². The second-order valence-corrected chi connectivity index (χ2v) is 4.29. The summed E-state index contributed by atoms with van der Waals surface area (Å²) in [7, 11) is 0. The van der Waals surface area contributed by atoms with Crippen molar-refractivity contribution in [1.82, 2.24) is 0 Å². The van der Waals surface area contributed by atoms with E-state index in [0.717, 1.165) is 5.56 Å². The zero-order chi connectivity index (χ0) is 13.5. The van der Waals surface area contributed by atoms with Gasteiger partial charge in [-0.25, -0.2) is 0 Å². The molecule has 2 aromatic carbocycles. The van der Waals surface area contributed by atoms with Gasteiger partial charge in [0.15, 0.2) is 5.78 Å². The average molecular weight is 252 g/mol. The lowest BCUT2D eigenvalue weighted by Gasteiger charge is -2.07. The van der Waals surface area contributed by atoms with Crippen LogP contribution in [-0.2, 0) is 0 Å². The zero-order valence-corrected chi connectivity index (χ0v) is 10.6. The molecule has 0 saturated carbocycles. The fraction of sp³-hybridized carbons (Fsp3) is 0.118. The van der Waals surface area contributed by atoms with Crippen molar-refractivity contribution in [1.29, 1.82) is 0 Å². The van der Waals surface area contributed by atoms with Crippen LogP contribution in [0.15, 0.2) is 72.8 Å². The van der Waals surface area contributed by atoms with Crippen molar-refractivity contribution in [3.8, 4) is 0 Å². The zero-order valence-electron chi connectivity index (χ0n) is 10.6. The highest BCUT2D eigenvalue weighted by molar-refractivity contribution is 6.04. The van der Waals surface area contributed by atoms with E-state index in [1.165, 1.54) is 6.08 Å². The lowest BCUT2D eigenvalue weighted by molar-refractivity contribution is 0.104. The molecule has 96 valence electrons. The molecule has 2 rings (SSSR count). The minimum atomic E-state index is -0.568. The second-order valence-electron chi connectivity index (χ2n) is 4.29. The van der Waals surface area contributed by atoms with Gasteiger partial charge in [-0.05, 0) is 18.1 Å². The number of carbonyl (C=O) groups excluding carboxylic acids is 1.